The predicted octanol–water partition coefficient (Wildman–Crippen LogP) is 4.79. The molecule has 1 aromatic heterocycles. The summed E-state index contributed by atoms with van der Waals surface area (Å²) in [5.41, 5.74) is 1.55. The number of fused-ring (bicyclic) bond motifs is 1. The van der Waals surface area contributed by atoms with Gasteiger partial charge < -0.3 is 23.5 Å². The van der Waals surface area contributed by atoms with Crippen LogP contribution in [0, 0.1) is 5.82 Å². The lowest BCUT2D eigenvalue weighted by atomic mass is 10.1. The molecular weight excluding hydrogens is 425 g/mol. The summed E-state index contributed by atoms with van der Waals surface area (Å²) in [7, 11) is 4.66. The monoisotopic (exact) mass is 449 g/mol. The van der Waals surface area contributed by atoms with Crippen molar-refractivity contribution < 1.29 is 23.3 Å². The van der Waals surface area contributed by atoms with E-state index in [0.717, 1.165) is 16.5 Å². The molecule has 7 heteroatoms. The molecule has 0 aliphatic rings. The highest BCUT2D eigenvalue weighted by Crippen LogP contribution is 2.30. The van der Waals surface area contributed by atoms with Gasteiger partial charge >= 0.3 is 0 Å². The van der Waals surface area contributed by atoms with E-state index in [1.165, 1.54) is 19.2 Å². The van der Waals surface area contributed by atoms with Gasteiger partial charge in [0.2, 0.25) is 0 Å². The van der Waals surface area contributed by atoms with Crippen LogP contribution in [0.2, 0.25) is 0 Å². The van der Waals surface area contributed by atoms with Gasteiger partial charge in [-0.05, 0) is 52.9 Å². The second kappa shape index (κ2) is 9.65. The van der Waals surface area contributed by atoms with Crippen molar-refractivity contribution in [1.82, 2.24) is 4.57 Å². The third-order valence-corrected chi connectivity index (χ3v) is 5.36. The van der Waals surface area contributed by atoms with E-state index >= 15 is 0 Å². The van der Waals surface area contributed by atoms with Gasteiger partial charge in [-0.3, -0.25) is 4.79 Å². The molecule has 6 nitrogen and oxygen atoms in total. The number of halogens is 1. The van der Waals surface area contributed by atoms with Crippen LogP contribution in [0.4, 0.5) is 4.39 Å². The normalized spacial score (nSPS) is 10.8. The zero-order chi connectivity index (χ0) is 23.4. The Hall–Kier alpha value is -4.00. The Morgan fingerprint density at radius 3 is 2.21 bits per heavy atom. The summed E-state index contributed by atoms with van der Waals surface area (Å²) in [4.78, 5) is 13.2. The van der Waals surface area contributed by atoms with Gasteiger partial charge in [-0.15, -0.1) is 0 Å². The lowest BCUT2D eigenvalue weighted by Crippen LogP contribution is -2.20. The molecule has 0 atom stereocenters. The number of nitrogens with zero attached hydrogens (tertiary/aromatic N) is 1. The highest BCUT2D eigenvalue weighted by Gasteiger charge is 2.13. The number of hydrogen-bond acceptors (Lipinski definition) is 5. The van der Waals surface area contributed by atoms with Crippen molar-refractivity contribution in [2.24, 2.45) is 0 Å². The molecule has 0 aliphatic heterocycles. The Morgan fingerprint density at radius 1 is 0.788 bits per heavy atom. The van der Waals surface area contributed by atoms with Crippen molar-refractivity contribution >= 4 is 10.8 Å². The van der Waals surface area contributed by atoms with E-state index in [9.17, 15) is 9.18 Å². The zero-order valence-corrected chi connectivity index (χ0v) is 18.6. The number of methoxy groups -OCH3 is 3. The number of aromatic nitrogens is 1. The van der Waals surface area contributed by atoms with Crippen molar-refractivity contribution in [1.29, 1.82) is 0 Å². The van der Waals surface area contributed by atoms with Crippen molar-refractivity contribution in [2.75, 3.05) is 21.3 Å². The molecule has 4 rings (SSSR count). The Bertz CT molecular complexity index is 1330. The van der Waals surface area contributed by atoms with E-state index in [1.807, 2.05) is 18.2 Å². The SMILES string of the molecule is COc1cc(OC)c2c(=O)n(Cc3ccc(OCc4ccc(F)cc4)c(OC)c3)ccc2c1. The van der Waals surface area contributed by atoms with Gasteiger partial charge in [0.05, 0.1) is 33.3 Å². The van der Waals surface area contributed by atoms with E-state index in [0.29, 0.717) is 34.9 Å². The molecule has 0 aliphatic carbocycles. The molecule has 0 N–H and O–H groups in total. The van der Waals surface area contributed by atoms with Crippen molar-refractivity contribution in [2.45, 2.75) is 13.2 Å². The van der Waals surface area contributed by atoms with Crippen LogP contribution in [0.15, 0.2) is 71.7 Å². The minimum absolute atomic E-state index is 0.164. The first-order chi connectivity index (χ1) is 16.0. The van der Waals surface area contributed by atoms with Crippen LogP contribution in [-0.2, 0) is 13.2 Å². The summed E-state index contributed by atoms with van der Waals surface area (Å²) in [5.74, 6) is 1.90. The molecule has 0 bridgehead atoms. The van der Waals surface area contributed by atoms with Crippen LogP contribution in [0.25, 0.3) is 10.8 Å². The van der Waals surface area contributed by atoms with Gasteiger partial charge in [-0.1, -0.05) is 18.2 Å². The largest absolute Gasteiger partial charge is 0.497 e. The molecule has 0 saturated carbocycles. The van der Waals surface area contributed by atoms with Crippen molar-refractivity contribution in [3.8, 4) is 23.0 Å². The first-order valence-corrected chi connectivity index (χ1v) is 10.3. The molecule has 33 heavy (non-hydrogen) atoms. The fraction of sp³-hybridized carbons (Fsp3) is 0.192. The molecule has 1 heterocycles. The maximum atomic E-state index is 13.2. The molecule has 0 spiro atoms. The maximum absolute atomic E-state index is 13.2. The topological polar surface area (TPSA) is 58.9 Å². The molecule has 4 aromatic rings. The average molecular weight is 449 g/mol. The fourth-order valence-corrected chi connectivity index (χ4v) is 3.62. The highest BCUT2D eigenvalue weighted by atomic mass is 19.1. The van der Waals surface area contributed by atoms with Gasteiger partial charge in [0.25, 0.3) is 5.56 Å². The minimum atomic E-state index is -0.290. The second-order valence-electron chi connectivity index (χ2n) is 7.44. The lowest BCUT2D eigenvalue weighted by Gasteiger charge is -2.14. The van der Waals surface area contributed by atoms with Crippen LogP contribution in [-0.4, -0.2) is 25.9 Å². The highest BCUT2D eigenvalue weighted by molar-refractivity contribution is 5.89. The Morgan fingerprint density at radius 2 is 1.52 bits per heavy atom. The summed E-state index contributed by atoms with van der Waals surface area (Å²) < 4.78 is 36.8. The Balaban J connectivity index is 1.59. The second-order valence-corrected chi connectivity index (χ2v) is 7.44. The third kappa shape index (κ3) is 4.77. The van der Waals surface area contributed by atoms with Crippen molar-refractivity contribution in [3.63, 3.8) is 0 Å². The molecule has 0 radical (unpaired) electrons. The molecule has 0 amide bonds. The lowest BCUT2D eigenvalue weighted by molar-refractivity contribution is 0.284. The number of pyridine rings is 1. The van der Waals surface area contributed by atoms with Crippen LogP contribution in [0.5, 0.6) is 23.0 Å². The summed E-state index contributed by atoms with van der Waals surface area (Å²) in [6.07, 6.45) is 1.75. The fourth-order valence-electron chi connectivity index (χ4n) is 3.62. The molecule has 3 aromatic carbocycles. The first-order valence-electron chi connectivity index (χ1n) is 10.3. The maximum Gasteiger partial charge on any atom is 0.262 e. The van der Waals surface area contributed by atoms with Gasteiger partial charge in [-0.2, -0.15) is 0 Å². The number of hydrogen-bond donors (Lipinski definition) is 0. The standard InChI is InChI=1S/C26H24FNO5/c1-30-21-13-19-10-11-28(26(29)25(19)24(14-21)32-3)15-18-6-9-22(23(12-18)31-2)33-16-17-4-7-20(27)8-5-17/h4-14H,15-16H2,1-3H3. The van der Waals surface area contributed by atoms with Crippen molar-refractivity contribution in [3.05, 3.63) is 94.2 Å². The predicted molar refractivity (Wildman–Crippen MR) is 124 cm³/mol. The average Bonchev–Trinajstić information content (AvgIpc) is 2.85. The third-order valence-electron chi connectivity index (χ3n) is 5.36. The van der Waals surface area contributed by atoms with E-state index < -0.39 is 0 Å². The Kier molecular flexibility index (Phi) is 6.49. The van der Waals surface area contributed by atoms with Crippen LogP contribution in [0.1, 0.15) is 11.1 Å². The summed E-state index contributed by atoms with van der Waals surface area (Å²) in [6, 6.07) is 17.0. The molecule has 0 saturated heterocycles. The number of ether oxygens (including phenoxy) is 4. The molecular formula is C26H24FNO5. The van der Waals surface area contributed by atoms with E-state index in [1.54, 1.807) is 55.3 Å². The summed E-state index contributed by atoms with van der Waals surface area (Å²) >= 11 is 0. The smallest absolute Gasteiger partial charge is 0.262 e. The van der Waals surface area contributed by atoms with Gasteiger partial charge in [-0.25, -0.2) is 4.39 Å². The van der Waals surface area contributed by atoms with Crippen LogP contribution >= 0.6 is 0 Å². The van der Waals surface area contributed by atoms with E-state index in [4.69, 9.17) is 18.9 Å². The van der Waals surface area contributed by atoms with E-state index in [-0.39, 0.29) is 18.0 Å². The van der Waals surface area contributed by atoms with E-state index in [2.05, 4.69) is 0 Å². The van der Waals surface area contributed by atoms with Gasteiger partial charge in [0.1, 0.15) is 23.9 Å². The van der Waals surface area contributed by atoms with Gasteiger partial charge in [0.15, 0.2) is 11.5 Å². The number of benzene rings is 3. The summed E-state index contributed by atoms with van der Waals surface area (Å²) in [6.45, 7) is 0.627. The van der Waals surface area contributed by atoms with Gasteiger partial charge in [0, 0.05) is 12.3 Å². The minimum Gasteiger partial charge on any atom is -0.497 e. The van der Waals surface area contributed by atoms with Crippen LogP contribution < -0.4 is 24.5 Å². The molecule has 0 fully saturated rings. The molecule has 170 valence electrons. The number of rotatable bonds is 8. The quantitative estimate of drug-likeness (QED) is 0.387. The zero-order valence-electron chi connectivity index (χ0n) is 18.6. The molecule has 0 unspecified atom stereocenters. The first kappa shape index (κ1) is 22.2. The summed E-state index contributed by atoms with van der Waals surface area (Å²) in [5, 5.41) is 1.24. The van der Waals surface area contributed by atoms with Crippen LogP contribution in [0.3, 0.4) is 0 Å². The Labute approximate surface area is 190 Å².